The van der Waals surface area contributed by atoms with Crippen LogP contribution in [0.4, 0.5) is 0 Å². The Morgan fingerprint density at radius 2 is 0.944 bits per heavy atom. The van der Waals surface area contributed by atoms with Gasteiger partial charge < -0.3 is 9.47 Å². The maximum Gasteiger partial charge on any atom is 0.309 e. The molecule has 0 aromatic carbocycles. The molecule has 2 unspecified atom stereocenters. The third kappa shape index (κ3) is 19.1. The Morgan fingerprint density at radius 1 is 0.528 bits per heavy atom. The summed E-state index contributed by atoms with van der Waals surface area (Å²) in [6, 6.07) is 0. The zero-order chi connectivity index (χ0) is 27.3. The van der Waals surface area contributed by atoms with Gasteiger partial charge in [-0.25, -0.2) is 0 Å². The average Bonchev–Trinajstić information content (AvgIpc) is 2.80. The van der Waals surface area contributed by atoms with Crippen molar-refractivity contribution in [3.63, 3.8) is 0 Å². The van der Waals surface area contributed by atoms with E-state index in [1.165, 1.54) is 64.2 Å². The Kier molecular flexibility index (Phi) is 21.3. The fourth-order valence-corrected chi connectivity index (χ4v) is 4.96. The highest BCUT2D eigenvalue weighted by Gasteiger charge is 2.34. The molecular formula is C32H62O4. The number of hydrogen-bond acceptors (Lipinski definition) is 4. The van der Waals surface area contributed by atoms with Gasteiger partial charge in [-0.3, -0.25) is 9.59 Å². The molecule has 0 N–H and O–H groups in total. The number of hydrogen-bond donors (Lipinski definition) is 0. The Balaban J connectivity index is 3.84. The lowest BCUT2D eigenvalue weighted by molar-refractivity contribution is -0.154. The zero-order valence-electron chi connectivity index (χ0n) is 25.4. The molecule has 0 aliphatic carbocycles. The fourth-order valence-electron chi connectivity index (χ4n) is 4.96. The molecule has 0 fully saturated rings. The second-order valence-corrected chi connectivity index (χ2v) is 12.6. The standard InChI is InChI=1S/C32H62O4/c1-25(2)23-35-30(33)22-20-18-16-14-12-10-9-11-13-15-17-19-21-29(27(5)6)31(28(7)8)32(34)36-24-26(3)4/h25-29,31H,9-24H2,1-8H3. The second-order valence-electron chi connectivity index (χ2n) is 12.6. The summed E-state index contributed by atoms with van der Waals surface area (Å²) < 4.78 is 10.9. The van der Waals surface area contributed by atoms with Crippen molar-refractivity contribution in [2.75, 3.05) is 13.2 Å². The third-order valence-electron chi connectivity index (χ3n) is 7.11. The molecular weight excluding hydrogens is 448 g/mol. The number of carbonyl (C=O) groups is 2. The molecule has 0 aliphatic heterocycles. The van der Waals surface area contributed by atoms with Crippen molar-refractivity contribution < 1.29 is 19.1 Å². The van der Waals surface area contributed by atoms with Crippen LogP contribution in [0.5, 0.6) is 0 Å². The van der Waals surface area contributed by atoms with Crippen molar-refractivity contribution in [3.8, 4) is 0 Å². The Labute approximate surface area is 225 Å². The van der Waals surface area contributed by atoms with Crippen LogP contribution in [0.3, 0.4) is 0 Å². The van der Waals surface area contributed by atoms with Gasteiger partial charge in [0.1, 0.15) is 0 Å². The van der Waals surface area contributed by atoms with E-state index in [1.54, 1.807) is 0 Å². The molecule has 2 atom stereocenters. The van der Waals surface area contributed by atoms with Gasteiger partial charge in [0.05, 0.1) is 19.1 Å². The summed E-state index contributed by atoms with van der Waals surface area (Å²) in [5.41, 5.74) is 0. The number of esters is 2. The van der Waals surface area contributed by atoms with Crippen LogP contribution in [-0.4, -0.2) is 25.2 Å². The summed E-state index contributed by atoms with van der Waals surface area (Å²) in [6.45, 7) is 18.2. The maximum atomic E-state index is 12.8. The Hall–Kier alpha value is -1.06. The first-order chi connectivity index (χ1) is 17.1. The molecule has 0 aromatic rings. The largest absolute Gasteiger partial charge is 0.465 e. The first-order valence-corrected chi connectivity index (χ1v) is 15.4. The van der Waals surface area contributed by atoms with Crippen LogP contribution in [0.2, 0.25) is 0 Å². The van der Waals surface area contributed by atoms with Gasteiger partial charge in [-0.15, -0.1) is 0 Å². The van der Waals surface area contributed by atoms with Crippen LogP contribution in [0.1, 0.15) is 145 Å². The highest BCUT2D eigenvalue weighted by molar-refractivity contribution is 5.73. The normalized spacial score (nSPS) is 13.6. The number of unbranched alkanes of at least 4 members (excludes halogenated alkanes) is 11. The molecule has 0 saturated carbocycles. The van der Waals surface area contributed by atoms with E-state index in [4.69, 9.17) is 9.47 Å². The van der Waals surface area contributed by atoms with Gasteiger partial charge in [0.2, 0.25) is 0 Å². The maximum absolute atomic E-state index is 12.8. The molecule has 4 heteroatoms. The van der Waals surface area contributed by atoms with Gasteiger partial charge in [-0.1, -0.05) is 126 Å². The molecule has 0 heterocycles. The van der Waals surface area contributed by atoms with Gasteiger partial charge in [0.15, 0.2) is 0 Å². The summed E-state index contributed by atoms with van der Waals surface area (Å²) in [4.78, 5) is 24.4. The van der Waals surface area contributed by atoms with Gasteiger partial charge in [0, 0.05) is 6.42 Å². The van der Waals surface area contributed by atoms with Crippen LogP contribution in [0, 0.1) is 35.5 Å². The minimum Gasteiger partial charge on any atom is -0.465 e. The van der Waals surface area contributed by atoms with Crippen molar-refractivity contribution in [2.45, 2.75) is 145 Å². The Bertz CT molecular complexity index is 538. The molecule has 0 rings (SSSR count). The summed E-state index contributed by atoms with van der Waals surface area (Å²) in [5.74, 6) is 2.04. The molecule has 0 aliphatic rings. The van der Waals surface area contributed by atoms with Gasteiger partial charge in [-0.2, -0.15) is 0 Å². The highest BCUT2D eigenvalue weighted by atomic mass is 16.5. The Morgan fingerprint density at radius 3 is 1.36 bits per heavy atom. The summed E-state index contributed by atoms with van der Waals surface area (Å²) in [5, 5.41) is 0. The van der Waals surface area contributed by atoms with Crippen molar-refractivity contribution in [3.05, 3.63) is 0 Å². The number of ether oxygens (including phenoxy) is 2. The highest BCUT2D eigenvalue weighted by Crippen LogP contribution is 2.33. The quantitative estimate of drug-likeness (QED) is 0.101. The van der Waals surface area contributed by atoms with Crippen LogP contribution in [-0.2, 0) is 19.1 Å². The average molecular weight is 511 g/mol. The third-order valence-corrected chi connectivity index (χ3v) is 7.11. The molecule has 4 nitrogen and oxygen atoms in total. The monoisotopic (exact) mass is 510 g/mol. The van der Waals surface area contributed by atoms with E-state index in [-0.39, 0.29) is 17.9 Å². The minimum atomic E-state index is -0.0349. The number of rotatable bonds is 23. The van der Waals surface area contributed by atoms with Gasteiger partial charge in [-0.05, 0) is 42.4 Å². The summed E-state index contributed by atoms with van der Waals surface area (Å²) in [7, 11) is 0. The first-order valence-electron chi connectivity index (χ1n) is 15.4. The second kappa shape index (κ2) is 22.0. The lowest BCUT2D eigenvalue weighted by atomic mass is 9.74. The van der Waals surface area contributed by atoms with E-state index < -0.39 is 0 Å². The van der Waals surface area contributed by atoms with E-state index in [2.05, 4.69) is 55.4 Å². The number of carbonyl (C=O) groups excluding carboxylic acids is 2. The predicted molar refractivity (Wildman–Crippen MR) is 153 cm³/mol. The molecule has 214 valence electrons. The van der Waals surface area contributed by atoms with Gasteiger partial charge in [0.25, 0.3) is 0 Å². The van der Waals surface area contributed by atoms with Crippen molar-refractivity contribution in [1.29, 1.82) is 0 Å². The van der Waals surface area contributed by atoms with Crippen molar-refractivity contribution in [2.24, 2.45) is 35.5 Å². The predicted octanol–water partition coefficient (Wildman–Crippen LogP) is 9.39. The summed E-state index contributed by atoms with van der Waals surface area (Å²) >= 11 is 0. The molecule has 36 heavy (non-hydrogen) atoms. The fraction of sp³-hybridized carbons (Fsp3) is 0.938. The van der Waals surface area contributed by atoms with E-state index >= 15 is 0 Å². The van der Waals surface area contributed by atoms with Crippen LogP contribution in [0.15, 0.2) is 0 Å². The van der Waals surface area contributed by atoms with Crippen molar-refractivity contribution in [1.82, 2.24) is 0 Å². The van der Waals surface area contributed by atoms with Crippen LogP contribution in [0.25, 0.3) is 0 Å². The minimum absolute atomic E-state index is 0.0153. The topological polar surface area (TPSA) is 52.6 Å². The lowest BCUT2D eigenvalue weighted by Gasteiger charge is -2.31. The molecule has 0 spiro atoms. The lowest BCUT2D eigenvalue weighted by Crippen LogP contribution is -2.34. The molecule has 0 bridgehead atoms. The molecule has 0 saturated heterocycles. The van der Waals surface area contributed by atoms with E-state index in [0.29, 0.717) is 49.2 Å². The van der Waals surface area contributed by atoms with E-state index in [1.807, 2.05) is 0 Å². The molecule has 0 radical (unpaired) electrons. The molecule has 0 aromatic heterocycles. The zero-order valence-corrected chi connectivity index (χ0v) is 25.4. The summed E-state index contributed by atoms with van der Waals surface area (Å²) in [6.07, 6.45) is 16.8. The smallest absolute Gasteiger partial charge is 0.309 e. The van der Waals surface area contributed by atoms with Crippen LogP contribution < -0.4 is 0 Å². The van der Waals surface area contributed by atoms with Gasteiger partial charge >= 0.3 is 11.9 Å². The SMILES string of the molecule is CC(C)COC(=O)CCCCCCCCCCCCCCC(C(C)C)C(C(=O)OCC(C)C)C(C)C. The van der Waals surface area contributed by atoms with Crippen LogP contribution >= 0.6 is 0 Å². The van der Waals surface area contributed by atoms with E-state index in [9.17, 15) is 9.59 Å². The first kappa shape index (κ1) is 34.9. The molecule has 0 amide bonds. The van der Waals surface area contributed by atoms with E-state index in [0.717, 1.165) is 19.3 Å². The van der Waals surface area contributed by atoms with Crippen molar-refractivity contribution >= 4 is 11.9 Å².